The molecule has 116 valence electrons. The van der Waals surface area contributed by atoms with Gasteiger partial charge in [-0.3, -0.25) is 4.79 Å². The average molecular weight is 301 g/mol. The van der Waals surface area contributed by atoms with Crippen molar-refractivity contribution in [1.82, 2.24) is 0 Å². The number of hydrogen-bond donors (Lipinski definition) is 1. The van der Waals surface area contributed by atoms with Crippen molar-refractivity contribution in [2.24, 2.45) is 0 Å². The number of halogens is 1. The number of hydrogen-bond acceptors (Lipinski definition) is 2. The Kier molecular flexibility index (Phi) is 4.81. The fraction of sp³-hybridized carbons (Fsp3) is 0.278. The summed E-state index contributed by atoms with van der Waals surface area (Å²) in [6, 6.07) is 9.63. The third-order valence-electron chi connectivity index (χ3n) is 3.55. The van der Waals surface area contributed by atoms with Gasteiger partial charge in [0.15, 0.2) is 6.10 Å². The number of carbonyl (C=O) groups excluding carboxylic acids is 1. The second kappa shape index (κ2) is 6.60. The molecule has 0 radical (unpaired) electrons. The maximum absolute atomic E-state index is 12.9. The van der Waals surface area contributed by atoms with E-state index in [4.69, 9.17) is 4.74 Å². The zero-order valence-corrected chi connectivity index (χ0v) is 13.2. The predicted octanol–water partition coefficient (Wildman–Crippen LogP) is 4.16. The lowest BCUT2D eigenvalue weighted by atomic mass is 10.1. The van der Waals surface area contributed by atoms with Crippen LogP contribution in [-0.2, 0) is 4.79 Å². The molecule has 0 aromatic heterocycles. The summed E-state index contributed by atoms with van der Waals surface area (Å²) in [5.74, 6) is 0.0950. The largest absolute Gasteiger partial charge is 0.481 e. The molecule has 4 heteroatoms. The van der Waals surface area contributed by atoms with Crippen molar-refractivity contribution in [3.8, 4) is 5.75 Å². The number of nitrogens with one attached hydrogen (secondary N) is 1. The first-order valence-corrected chi connectivity index (χ1v) is 7.18. The highest BCUT2D eigenvalue weighted by Gasteiger charge is 2.16. The van der Waals surface area contributed by atoms with Gasteiger partial charge in [0.25, 0.3) is 5.91 Å². The first-order valence-electron chi connectivity index (χ1n) is 7.18. The minimum Gasteiger partial charge on any atom is -0.481 e. The van der Waals surface area contributed by atoms with Crippen molar-refractivity contribution in [2.45, 2.75) is 33.8 Å². The van der Waals surface area contributed by atoms with Gasteiger partial charge in [-0.05, 0) is 74.7 Å². The molecule has 1 atom stereocenters. The lowest BCUT2D eigenvalue weighted by Crippen LogP contribution is -2.30. The van der Waals surface area contributed by atoms with Crippen molar-refractivity contribution < 1.29 is 13.9 Å². The number of carbonyl (C=O) groups is 1. The third kappa shape index (κ3) is 3.85. The van der Waals surface area contributed by atoms with Gasteiger partial charge < -0.3 is 10.1 Å². The van der Waals surface area contributed by atoms with Gasteiger partial charge in [-0.2, -0.15) is 0 Å². The summed E-state index contributed by atoms with van der Waals surface area (Å²) in [7, 11) is 0. The molecular weight excluding hydrogens is 281 g/mol. The molecule has 1 N–H and O–H groups in total. The van der Waals surface area contributed by atoms with Crippen LogP contribution < -0.4 is 10.1 Å². The van der Waals surface area contributed by atoms with Crippen LogP contribution in [0.2, 0.25) is 0 Å². The van der Waals surface area contributed by atoms with E-state index in [1.54, 1.807) is 6.92 Å². The molecule has 2 aromatic carbocycles. The Morgan fingerprint density at radius 1 is 1.14 bits per heavy atom. The van der Waals surface area contributed by atoms with Gasteiger partial charge in [0.1, 0.15) is 11.6 Å². The number of benzene rings is 2. The van der Waals surface area contributed by atoms with Crippen molar-refractivity contribution >= 4 is 11.6 Å². The van der Waals surface area contributed by atoms with Crippen molar-refractivity contribution in [3.05, 3.63) is 58.9 Å². The Bertz CT molecular complexity index is 680. The van der Waals surface area contributed by atoms with Gasteiger partial charge in [0.05, 0.1) is 0 Å². The summed E-state index contributed by atoms with van der Waals surface area (Å²) >= 11 is 0. The molecule has 0 spiro atoms. The van der Waals surface area contributed by atoms with Crippen molar-refractivity contribution in [1.29, 1.82) is 0 Å². The quantitative estimate of drug-likeness (QED) is 0.921. The molecular formula is C18H20FNO2. The van der Waals surface area contributed by atoms with E-state index in [-0.39, 0.29) is 11.7 Å². The summed E-state index contributed by atoms with van der Waals surface area (Å²) in [5.41, 5.74) is 3.77. The molecule has 0 unspecified atom stereocenters. The van der Waals surface area contributed by atoms with Crippen LogP contribution in [-0.4, -0.2) is 12.0 Å². The number of aryl methyl sites for hydroxylation is 2. The molecule has 1 amide bonds. The van der Waals surface area contributed by atoms with E-state index in [9.17, 15) is 9.18 Å². The van der Waals surface area contributed by atoms with Crippen LogP contribution in [0.1, 0.15) is 23.6 Å². The van der Waals surface area contributed by atoms with Crippen molar-refractivity contribution in [3.63, 3.8) is 0 Å². The van der Waals surface area contributed by atoms with E-state index >= 15 is 0 Å². The second-order valence-corrected chi connectivity index (χ2v) is 5.46. The lowest BCUT2D eigenvalue weighted by molar-refractivity contribution is -0.122. The molecule has 3 nitrogen and oxygen atoms in total. The molecule has 0 fully saturated rings. The van der Waals surface area contributed by atoms with Crippen LogP contribution >= 0.6 is 0 Å². The minimum absolute atomic E-state index is 0.273. The monoisotopic (exact) mass is 301 g/mol. The summed E-state index contributed by atoms with van der Waals surface area (Å²) in [4.78, 5) is 12.2. The Labute approximate surface area is 130 Å². The van der Waals surface area contributed by atoms with Crippen LogP contribution in [0.5, 0.6) is 5.75 Å². The molecule has 0 bridgehead atoms. The minimum atomic E-state index is -0.648. The number of anilines is 1. The number of rotatable bonds is 4. The average Bonchev–Trinajstić information content (AvgIpc) is 2.46. The van der Waals surface area contributed by atoms with E-state index in [1.165, 1.54) is 24.3 Å². The molecule has 22 heavy (non-hydrogen) atoms. The molecule has 0 aliphatic rings. The highest BCUT2D eigenvalue weighted by molar-refractivity contribution is 5.94. The molecule has 0 heterocycles. The SMILES string of the molecule is Cc1cc(C)c(C)c(O[C@@H](C)C(=O)Nc2ccc(F)cc2)c1. The zero-order chi connectivity index (χ0) is 16.3. The van der Waals surface area contributed by atoms with Crippen LogP contribution in [0.3, 0.4) is 0 Å². The lowest BCUT2D eigenvalue weighted by Gasteiger charge is -2.18. The molecule has 0 aliphatic carbocycles. The highest BCUT2D eigenvalue weighted by atomic mass is 19.1. The van der Waals surface area contributed by atoms with Gasteiger partial charge in [-0.15, -0.1) is 0 Å². The molecule has 0 aliphatic heterocycles. The normalized spacial score (nSPS) is 11.9. The fourth-order valence-electron chi connectivity index (χ4n) is 2.14. The Balaban J connectivity index is 2.07. The fourth-order valence-corrected chi connectivity index (χ4v) is 2.14. The molecule has 0 saturated heterocycles. The smallest absolute Gasteiger partial charge is 0.265 e. The standard InChI is InChI=1S/C18H20FNO2/c1-11-9-12(2)13(3)17(10-11)22-14(4)18(21)20-16-7-5-15(19)6-8-16/h5-10,14H,1-4H3,(H,20,21)/t14-/m0/s1. The van der Waals surface area contributed by atoms with Gasteiger partial charge in [0, 0.05) is 5.69 Å². The molecule has 2 rings (SSSR count). The summed E-state index contributed by atoms with van der Waals surface area (Å²) < 4.78 is 18.6. The maximum Gasteiger partial charge on any atom is 0.265 e. The Morgan fingerprint density at radius 2 is 1.77 bits per heavy atom. The molecule has 2 aromatic rings. The van der Waals surface area contributed by atoms with Gasteiger partial charge in [-0.25, -0.2) is 4.39 Å². The van der Waals surface area contributed by atoms with E-state index in [1.807, 2.05) is 26.8 Å². The van der Waals surface area contributed by atoms with Crippen molar-refractivity contribution in [2.75, 3.05) is 5.32 Å². The third-order valence-corrected chi connectivity index (χ3v) is 3.55. The van der Waals surface area contributed by atoms with E-state index in [0.717, 1.165) is 16.7 Å². The molecule has 0 saturated carbocycles. The maximum atomic E-state index is 12.9. The van der Waals surface area contributed by atoms with Crippen LogP contribution in [0.25, 0.3) is 0 Å². The van der Waals surface area contributed by atoms with Gasteiger partial charge >= 0.3 is 0 Å². The zero-order valence-electron chi connectivity index (χ0n) is 13.2. The highest BCUT2D eigenvalue weighted by Crippen LogP contribution is 2.24. The van der Waals surface area contributed by atoms with Crippen LogP contribution in [0.4, 0.5) is 10.1 Å². The van der Waals surface area contributed by atoms with E-state index < -0.39 is 6.10 Å². The topological polar surface area (TPSA) is 38.3 Å². The summed E-state index contributed by atoms with van der Waals surface area (Å²) in [5, 5.41) is 2.71. The van der Waals surface area contributed by atoms with Crippen LogP contribution in [0.15, 0.2) is 36.4 Å². The first-order chi connectivity index (χ1) is 10.4. The van der Waals surface area contributed by atoms with Gasteiger partial charge in [0.2, 0.25) is 0 Å². The Hall–Kier alpha value is -2.36. The number of amides is 1. The summed E-state index contributed by atoms with van der Waals surface area (Å²) in [6.07, 6.45) is -0.648. The van der Waals surface area contributed by atoms with Crippen LogP contribution in [0, 0.1) is 26.6 Å². The van der Waals surface area contributed by atoms with Gasteiger partial charge in [-0.1, -0.05) is 6.07 Å². The number of ether oxygens (including phenoxy) is 1. The predicted molar refractivity (Wildman–Crippen MR) is 85.8 cm³/mol. The summed E-state index contributed by atoms with van der Waals surface area (Å²) in [6.45, 7) is 7.66. The second-order valence-electron chi connectivity index (χ2n) is 5.46. The Morgan fingerprint density at radius 3 is 2.41 bits per heavy atom. The first kappa shape index (κ1) is 16.0. The van der Waals surface area contributed by atoms with E-state index in [2.05, 4.69) is 11.4 Å². The van der Waals surface area contributed by atoms with E-state index in [0.29, 0.717) is 11.4 Å².